The van der Waals surface area contributed by atoms with Crippen molar-refractivity contribution in [3.63, 3.8) is 0 Å². The zero-order chi connectivity index (χ0) is 18.0. The minimum absolute atomic E-state index is 0.0900. The van der Waals surface area contributed by atoms with Crippen molar-refractivity contribution in [3.05, 3.63) is 65.1 Å². The van der Waals surface area contributed by atoms with E-state index in [0.29, 0.717) is 17.9 Å². The maximum atomic E-state index is 10.0. The second-order valence-corrected chi connectivity index (χ2v) is 8.46. The minimum atomic E-state index is -1.38. The molecule has 1 aliphatic heterocycles. The lowest BCUT2D eigenvalue weighted by Gasteiger charge is -2.33. The lowest BCUT2D eigenvalue weighted by molar-refractivity contribution is -0.148. The number of allylic oxidation sites excluding steroid dienone is 2. The van der Waals surface area contributed by atoms with Crippen LogP contribution in [0.4, 0.5) is 0 Å². The van der Waals surface area contributed by atoms with Gasteiger partial charge in [0.05, 0.1) is 11.5 Å². The van der Waals surface area contributed by atoms with Gasteiger partial charge in [-0.1, -0.05) is 48.7 Å². The summed E-state index contributed by atoms with van der Waals surface area (Å²) in [5.74, 6) is 0.653. The summed E-state index contributed by atoms with van der Waals surface area (Å²) in [4.78, 5) is 0. The topological polar surface area (TPSA) is 73.9 Å². The third-order valence-electron chi connectivity index (χ3n) is 4.06. The summed E-state index contributed by atoms with van der Waals surface area (Å²) in [5.41, 5.74) is 7.47. The molecule has 1 fully saturated rings. The van der Waals surface area contributed by atoms with Gasteiger partial charge in [-0.2, -0.15) is 0 Å². The molecule has 0 bridgehead atoms. The van der Waals surface area contributed by atoms with Gasteiger partial charge in [0.2, 0.25) is 11.8 Å². The first-order valence-corrected chi connectivity index (χ1v) is 10.1. The second kappa shape index (κ2) is 7.36. The fraction of sp³-hybridized carbons (Fsp3) is 0.333. The van der Waals surface area contributed by atoms with Crippen LogP contribution in [0.25, 0.3) is 6.08 Å². The van der Waals surface area contributed by atoms with Gasteiger partial charge in [-0.3, -0.25) is 0 Å². The summed E-state index contributed by atoms with van der Waals surface area (Å²) in [5, 5.41) is 10.0. The molecule has 0 saturated carbocycles. The molecule has 1 heterocycles. The molecular weight excluding hydrogens is 357 g/mol. The van der Waals surface area contributed by atoms with E-state index in [4.69, 9.17) is 31.3 Å². The Kier molecular flexibility index (Phi) is 5.37. The standard InChI is InChI=1S/C18H20NO4PS/c1-18(2)11-21-24(25)23-17(18)22-15-9-8-14(20)16(19)13(15)10-12-6-4-3-5-7-12/h3-10,16-17H,11,19H2,1-2H3/p+1. The molecule has 3 rings (SSSR count). The molecule has 1 aromatic rings. The van der Waals surface area contributed by atoms with Gasteiger partial charge >= 0.3 is 7.15 Å². The second-order valence-electron chi connectivity index (χ2n) is 6.65. The van der Waals surface area contributed by atoms with Gasteiger partial charge < -0.3 is 15.6 Å². The van der Waals surface area contributed by atoms with E-state index in [0.717, 1.165) is 5.56 Å². The summed E-state index contributed by atoms with van der Waals surface area (Å²) >= 11 is 5.14. The number of benzene rings is 1. The molecule has 0 aromatic heterocycles. The van der Waals surface area contributed by atoms with Crippen molar-refractivity contribution in [1.82, 2.24) is 0 Å². The van der Waals surface area contributed by atoms with Crippen LogP contribution in [0, 0.1) is 5.41 Å². The maximum Gasteiger partial charge on any atom is 0.525 e. The molecule has 7 heteroatoms. The Morgan fingerprint density at radius 2 is 2.04 bits per heavy atom. The van der Waals surface area contributed by atoms with Crippen molar-refractivity contribution >= 4 is 25.0 Å². The number of rotatable bonds is 3. The molecule has 2 aliphatic rings. The van der Waals surface area contributed by atoms with E-state index in [1.165, 1.54) is 0 Å². The third kappa shape index (κ3) is 4.17. The molecule has 3 unspecified atom stereocenters. The number of ether oxygens (including phenoxy) is 1. The van der Waals surface area contributed by atoms with Crippen LogP contribution in [-0.2, 0) is 25.6 Å². The first-order chi connectivity index (χ1) is 11.9. The van der Waals surface area contributed by atoms with Gasteiger partial charge in [-0.05, 0) is 23.8 Å². The summed E-state index contributed by atoms with van der Waals surface area (Å²) in [6.07, 6.45) is 4.61. The first-order valence-electron chi connectivity index (χ1n) is 7.94. The molecule has 132 valence electrons. The summed E-state index contributed by atoms with van der Waals surface area (Å²) in [7, 11) is -1.38. The molecule has 25 heavy (non-hydrogen) atoms. The molecule has 1 aromatic carbocycles. The summed E-state index contributed by atoms with van der Waals surface area (Å²) in [6.45, 7) is 4.45. The Hall–Kier alpha value is -1.56. The van der Waals surface area contributed by atoms with E-state index in [1.54, 1.807) is 12.2 Å². The van der Waals surface area contributed by atoms with Crippen LogP contribution in [0.5, 0.6) is 0 Å². The molecule has 1 aliphatic carbocycles. The molecule has 3 N–H and O–H groups in total. The zero-order valence-electron chi connectivity index (χ0n) is 14.1. The molecular formula is C18H21NO4PS+. The van der Waals surface area contributed by atoms with Gasteiger partial charge in [0.25, 0.3) is 6.29 Å². The average Bonchev–Trinajstić information content (AvgIpc) is 2.59. The highest BCUT2D eigenvalue weighted by atomic mass is 32.4. The van der Waals surface area contributed by atoms with Crippen molar-refractivity contribution < 1.29 is 18.9 Å². The lowest BCUT2D eigenvalue weighted by atomic mass is 9.93. The highest BCUT2D eigenvalue weighted by Crippen LogP contribution is 2.43. The van der Waals surface area contributed by atoms with Gasteiger partial charge in [-0.25, -0.2) is 0 Å². The van der Waals surface area contributed by atoms with Crippen LogP contribution in [0.15, 0.2) is 59.6 Å². The molecule has 0 spiro atoms. The third-order valence-corrected chi connectivity index (χ3v) is 5.34. The Balaban J connectivity index is 1.91. The number of aliphatic hydroxyl groups is 1. The van der Waals surface area contributed by atoms with Crippen molar-refractivity contribution in [2.45, 2.75) is 26.2 Å². The Bertz CT molecular complexity index is 758. The Labute approximate surface area is 153 Å². The predicted molar refractivity (Wildman–Crippen MR) is 101 cm³/mol. The number of hydrogen-bond acceptors (Lipinski definition) is 6. The van der Waals surface area contributed by atoms with Crippen molar-refractivity contribution in [1.29, 1.82) is 0 Å². The van der Waals surface area contributed by atoms with Gasteiger partial charge in [0, 0.05) is 5.57 Å². The van der Waals surface area contributed by atoms with Crippen LogP contribution in [0.1, 0.15) is 19.4 Å². The Morgan fingerprint density at radius 3 is 2.76 bits per heavy atom. The normalized spacial score (nSPS) is 29.1. The molecule has 0 radical (unpaired) electrons. The van der Waals surface area contributed by atoms with Crippen molar-refractivity contribution in [2.75, 3.05) is 6.61 Å². The van der Waals surface area contributed by atoms with Gasteiger partial charge in [0.1, 0.15) is 18.1 Å². The highest BCUT2D eigenvalue weighted by Gasteiger charge is 2.46. The van der Waals surface area contributed by atoms with Crippen LogP contribution < -0.4 is 5.73 Å². The van der Waals surface area contributed by atoms with Crippen LogP contribution in [0.2, 0.25) is 0 Å². The molecule has 5 nitrogen and oxygen atoms in total. The Morgan fingerprint density at radius 1 is 1.32 bits per heavy atom. The summed E-state index contributed by atoms with van der Waals surface area (Å²) in [6, 6.07) is 9.09. The predicted octanol–water partition coefficient (Wildman–Crippen LogP) is 3.93. The van der Waals surface area contributed by atoms with E-state index in [-0.39, 0.29) is 11.2 Å². The molecule has 3 atom stereocenters. The quantitative estimate of drug-likeness (QED) is 0.777. The van der Waals surface area contributed by atoms with Crippen molar-refractivity contribution in [3.8, 4) is 0 Å². The van der Waals surface area contributed by atoms with E-state index in [2.05, 4.69) is 0 Å². The highest BCUT2D eigenvalue weighted by molar-refractivity contribution is 8.00. The largest absolute Gasteiger partial charge is 0.525 e. The first kappa shape index (κ1) is 18.2. The summed E-state index contributed by atoms with van der Waals surface area (Å²) < 4.78 is 17.3. The van der Waals surface area contributed by atoms with E-state index in [1.807, 2.05) is 50.3 Å². The van der Waals surface area contributed by atoms with Crippen molar-refractivity contribution in [2.24, 2.45) is 11.1 Å². The van der Waals surface area contributed by atoms with E-state index < -0.39 is 19.5 Å². The number of hydrogen-bond donors (Lipinski definition) is 2. The van der Waals surface area contributed by atoms with Gasteiger partial charge in [-0.15, -0.1) is 4.52 Å². The van der Waals surface area contributed by atoms with Crippen LogP contribution >= 0.6 is 7.15 Å². The molecule has 1 saturated heterocycles. The minimum Gasteiger partial charge on any atom is -0.510 e. The van der Waals surface area contributed by atoms with Crippen LogP contribution in [-0.4, -0.2) is 24.0 Å². The van der Waals surface area contributed by atoms with E-state index in [9.17, 15) is 5.11 Å². The average molecular weight is 378 g/mol. The monoisotopic (exact) mass is 378 g/mol. The maximum absolute atomic E-state index is 10.0. The fourth-order valence-electron chi connectivity index (χ4n) is 2.51. The fourth-order valence-corrected chi connectivity index (χ4v) is 3.88. The van der Waals surface area contributed by atoms with E-state index >= 15 is 0 Å². The lowest BCUT2D eigenvalue weighted by Crippen LogP contribution is -2.40. The number of nitrogens with two attached hydrogens (primary N) is 1. The SMILES string of the molecule is CC1(C)CO[P+](=S)OC1OC1=CC=C(O)C(N)C1=Cc1ccccc1. The van der Waals surface area contributed by atoms with Crippen LogP contribution in [0.3, 0.4) is 0 Å². The zero-order valence-corrected chi connectivity index (χ0v) is 15.8. The van der Waals surface area contributed by atoms with Gasteiger partial charge in [0.15, 0.2) is 0 Å². The smallest absolute Gasteiger partial charge is 0.510 e. The molecule has 0 amide bonds. The number of aliphatic hydroxyl groups excluding tert-OH is 1.